The van der Waals surface area contributed by atoms with Gasteiger partial charge >= 0.3 is 0 Å². The third-order valence-electron chi connectivity index (χ3n) is 3.66. The van der Waals surface area contributed by atoms with E-state index in [0.717, 1.165) is 6.42 Å². The van der Waals surface area contributed by atoms with Crippen LogP contribution >= 0.6 is 15.9 Å². The molecule has 0 spiro atoms. The van der Waals surface area contributed by atoms with E-state index in [0.29, 0.717) is 18.4 Å². The highest BCUT2D eigenvalue weighted by atomic mass is 79.9. The molecule has 0 saturated carbocycles. The van der Waals surface area contributed by atoms with Crippen LogP contribution in [0.25, 0.3) is 0 Å². The van der Waals surface area contributed by atoms with Crippen molar-refractivity contribution in [1.82, 2.24) is 0 Å². The lowest BCUT2D eigenvalue weighted by Crippen LogP contribution is -2.38. The van der Waals surface area contributed by atoms with Crippen LogP contribution in [-0.2, 0) is 9.84 Å². The largest absolute Gasteiger partial charge is 0.496 e. The summed E-state index contributed by atoms with van der Waals surface area (Å²) in [7, 11) is -1.80. The van der Waals surface area contributed by atoms with E-state index < -0.39 is 26.9 Å². The van der Waals surface area contributed by atoms with E-state index in [2.05, 4.69) is 15.9 Å². The lowest BCUT2D eigenvalue weighted by molar-refractivity contribution is 0.398. The van der Waals surface area contributed by atoms with Gasteiger partial charge in [0.25, 0.3) is 0 Å². The molecule has 0 aliphatic carbocycles. The Labute approximate surface area is 126 Å². The first kappa shape index (κ1) is 15.7. The number of rotatable bonds is 3. The van der Waals surface area contributed by atoms with Crippen molar-refractivity contribution in [2.24, 2.45) is 5.73 Å². The van der Waals surface area contributed by atoms with Crippen molar-refractivity contribution in [3.05, 3.63) is 28.0 Å². The Morgan fingerprint density at radius 3 is 2.75 bits per heavy atom. The van der Waals surface area contributed by atoms with Crippen LogP contribution in [0.15, 0.2) is 16.6 Å². The normalized spacial score (nSPS) is 23.3. The predicted octanol–water partition coefficient (Wildman–Crippen LogP) is 2.56. The van der Waals surface area contributed by atoms with Gasteiger partial charge in [-0.1, -0.05) is 6.42 Å². The Balaban J connectivity index is 2.42. The van der Waals surface area contributed by atoms with Crippen molar-refractivity contribution >= 4 is 25.8 Å². The maximum absolute atomic E-state index is 13.5. The fourth-order valence-electron chi connectivity index (χ4n) is 2.56. The minimum absolute atomic E-state index is 0.163. The number of sulfone groups is 1. The highest BCUT2D eigenvalue weighted by molar-refractivity contribution is 9.10. The van der Waals surface area contributed by atoms with Gasteiger partial charge in [-0.05, 0) is 34.8 Å². The van der Waals surface area contributed by atoms with Gasteiger partial charge in [-0.3, -0.25) is 0 Å². The lowest BCUT2D eigenvalue weighted by Gasteiger charge is -2.28. The Bertz CT molecular complexity index is 606. The summed E-state index contributed by atoms with van der Waals surface area (Å²) in [6.07, 6.45) is 2.04. The molecule has 1 aliphatic rings. The smallest absolute Gasteiger partial charge is 0.155 e. The zero-order valence-corrected chi connectivity index (χ0v) is 13.5. The molecule has 1 fully saturated rings. The van der Waals surface area contributed by atoms with Crippen LogP contribution in [0.4, 0.5) is 4.39 Å². The van der Waals surface area contributed by atoms with Gasteiger partial charge in [0.2, 0.25) is 0 Å². The van der Waals surface area contributed by atoms with E-state index in [1.165, 1.54) is 19.2 Å². The summed E-state index contributed by atoms with van der Waals surface area (Å²) in [5.41, 5.74) is 6.65. The van der Waals surface area contributed by atoms with Gasteiger partial charge in [0, 0.05) is 11.6 Å². The summed E-state index contributed by atoms with van der Waals surface area (Å²) in [5.74, 6) is -0.0287. The Kier molecular flexibility index (Phi) is 4.71. The van der Waals surface area contributed by atoms with Gasteiger partial charge in [0.1, 0.15) is 11.6 Å². The molecule has 1 aliphatic heterocycles. The van der Waals surface area contributed by atoms with Crippen LogP contribution < -0.4 is 10.5 Å². The molecule has 2 atom stereocenters. The second-order valence-electron chi connectivity index (χ2n) is 4.94. The Hall–Kier alpha value is -0.660. The van der Waals surface area contributed by atoms with Crippen molar-refractivity contribution < 1.29 is 17.5 Å². The third kappa shape index (κ3) is 2.99. The van der Waals surface area contributed by atoms with E-state index in [-0.39, 0.29) is 16.0 Å². The standard InChI is InChI=1S/C13H17BrFNO3S/c1-19-11-7-10(15)9(14)6-8(11)13(16)12-4-2-3-5-20(12,17)18/h6-7,12-13H,2-5,16H2,1H3. The number of methoxy groups -OCH3 is 1. The molecule has 2 N–H and O–H groups in total. The summed E-state index contributed by atoms with van der Waals surface area (Å²) < 4.78 is 43.2. The number of benzene rings is 1. The number of hydrogen-bond acceptors (Lipinski definition) is 4. The van der Waals surface area contributed by atoms with Crippen LogP contribution in [0.2, 0.25) is 0 Å². The minimum atomic E-state index is -3.21. The number of halogens is 2. The summed E-state index contributed by atoms with van der Waals surface area (Å²) in [6, 6.07) is 2.00. The summed E-state index contributed by atoms with van der Waals surface area (Å²) >= 11 is 3.09. The second-order valence-corrected chi connectivity index (χ2v) is 8.13. The molecule has 112 valence electrons. The fraction of sp³-hybridized carbons (Fsp3) is 0.538. The molecular weight excluding hydrogens is 349 g/mol. The summed E-state index contributed by atoms with van der Waals surface area (Å²) in [5, 5.41) is -0.637. The van der Waals surface area contributed by atoms with Gasteiger partial charge in [0.15, 0.2) is 9.84 Å². The highest BCUT2D eigenvalue weighted by Gasteiger charge is 2.35. The van der Waals surface area contributed by atoms with Crippen molar-refractivity contribution in [3.63, 3.8) is 0 Å². The van der Waals surface area contributed by atoms with Gasteiger partial charge < -0.3 is 10.5 Å². The number of hydrogen-bond donors (Lipinski definition) is 1. The predicted molar refractivity (Wildman–Crippen MR) is 79.0 cm³/mol. The van der Waals surface area contributed by atoms with Crippen molar-refractivity contribution in [2.75, 3.05) is 12.9 Å². The lowest BCUT2D eigenvalue weighted by atomic mass is 9.99. The monoisotopic (exact) mass is 365 g/mol. The Morgan fingerprint density at radius 1 is 1.45 bits per heavy atom. The molecule has 0 aromatic heterocycles. The van der Waals surface area contributed by atoms with Crippen LogP contribution in [0.5, 0.6) is 5.75 Å². The molecule has 1 aromatic rings. The topological polar surface area (TPSA) is 69.4 Å². The minimum Gasteiger partial charge on any atom is -0.496 e. The molecule has 1 saturated heterocycles. The van der Waals surface area contributed by atoms with Crippen LogP contribution in [0.1, 0.15) is 30.9 Å². The number of nitrogens with two attached hydrogens (primary N) is 1. The van der Waals surface area contributed by atoms with Crippen LogP contribution in [0.3, 0.4) is 0 Å². The Morgan fingerprint density at radius 2 is 2.15 bits per heavy atom. The molecule has 0 bridgehead atoms. The highest BCUT2D eigenvalue weighted by Crippen LogP contribution is 2.36. The van der Waals surface area contributed by atoms with E-state index in [4.69, 9.17) is 10.5 Å². The van der Waals surface area contributed by atoms with Gasteiger partial charge in [-0.25, -0.2) is 12.8 Å². The molecule has 2 rings (SSSR count). The molecule has 1 aromatic carbocycles. The first-order valence-corrected chi connectivity index (χ1v) is 8.87. The molecule has 7 heteroatoms. The summed E-state index contributed by atoms with van der Waals surface area (Å²) in [4.78, 5) is 0. The van der Waals surface area contributed by atoms with E-state index in [9.17, 15) is 12.8 Å². The van der Waals surface area contributed by atoms with Gasteiger partial charge in [-0.2, -0.15) is 0 Å². The van der Waals surface area contributed by atoms with Crippen molar-refractivity contribution in [1.29, 1.82) is 0 Å². The zero-order valence-electron chi connectivity index (χ0n) is 11.1. The molecule has 0 amide bonds. The average Bonchev–Trinajstić information content (AvgIpc) is 2.40. The molecule has 4 nitrogen and oxygen atoms in total. The number of ether oxygens (including phenoxy) is 1. The molecule has 1 heterocycles. The fourth-order valence-corrected chi connectivity index (χ4v) is 4.95. The maximum Gasteiger partial charge on any atom is 0.155 e. The second kappa shape index (κ2) is 5.99. The molecular formula is C13H17BrFNO3S. The van der Waals surface area contributed by atoms with Crippen molar-refractivity contribution in [3.8, 4) is 5.75 Å². The maximum atomic E-state index is 13.5. The zero-order chi connectivity index (χ0) is 14.9. The van der Waals surface area contributed by atoms with E-state index >= 15 is 0 Å². The molecule has 20 heavy (non-hydrogen) atoms. The van der Waals surface area contributed by atoms with Gasteiger partial charge in [0.05, 0.1) is 28.6 Å². The quantitative estimate of drug-likeness (QED) is 0.893. The van der Waals surface area contributed by atoms with Crippen LogP contribution in [0, 0.1) is 5.82 Å². The average molecular weight is 366 g/mol. The SMILES string of the molecule is COc1cc(F)c(Br)cc1C(N)C1CCCCS1(=O)=O. The van der Waals surface area contributed by atoms with E-state index in [1.807, 2.05) is 0 Å². The van der Waals surface area contributed by atoms with Crippen LogP contribution in [-0.4, -0.2) is 26.5 Å². The molecule has 0 radical (unpaired) electrons. The van der Waals surface area contributed by atoms with Crippen molar-refractivity contribution in [2.45, 2.75) is 30.6 Å². The summed E-state index contributed by atoms with van der Waals surface area (Å²) in [6.45, 7) is 0. The van der Waals surface area contributed by atoms with Gasteiger partial charge in [-0.15, -0.1) is 0 Å². The third-order valence-corrected chi connectivity index (χ3v) is 6.58. The first-order chi connectivity index (χ1) is 9.36. The first-order valence-electron chi connectivity index (χ1n) is 6.37. The van der Waals surface area contributed by atoms with E-state index in [1.54, 1.807) is 0 Å². The molecule has 2 unspecified atom stereocenters.